The van der Waals surface area contributed by atoms with Crippen molar-refractivity contribution in [1.29, 1.82) is 5.41 Å². The van der Waals surface area contributed by atoms with Crippen LogP contribution < -0.4 is 61.8 Å². The van der Waals surface area contributed by atoms with Crippen LogP contribution in [0.3, 0.4) is 0 Å². The van der Waals surface area contributed by atoms with Crippen LogP contribution in [0.5, 0.6) is 0 Å². The van der Waals surface area contributed by atoms with Crippen LogP contribution in [-0.2, 0) is 0 Å². The second-order valence-electron chi connectivity index (χ2n) is 4.44. The Hall–Kier alpha value is -1.09. The number of nitrogens with two attached hydrogens (primary N) is 8. The normalized spacial score (nSPS) is 8.88. The van der Waals surface area contributed by atoms with Gasteiger partial charge in [0.05, 0.1) is 0 Å². The summed E-state index contributed by atoms with van der Waals surface area (Å²) in [5, 5.41) is 15.4. The van der Waals surface area contributed by atoms with Crippen molar-refractivity contribution in [2.24, 2.45) is 45.9 Å². The fourth-order valence-electron chi connectivity index (χ4n) is 0.960. The molecule has 0 heterocycles. The molecule has 0 spiro atoms. The molecule has 0 bridgehead atoms. The molecule has 0 atom stereocenters. The van der Waals surface area contributed by atoms with E-state index in [9.17, 15) is 0 Å². The molecule has 0 aromatic carbocycles. The third kappa shape index (κ3) is 84.2. The van der Waals surface area contributed by atoms with Gasteiger partial charge in [-0.2, -0.15) is 0 Å². The lowest BCUT2D eigenvalue weighted by atomic mass is 10.5. The molecule has 0 aromatic heterocycles. The molecule has 0 fully saturated rings. The number of hydrogen-bond donors (Lipinski definition) is 12. The molecule has 20 N–H and O–H groups in total. The SMILES string of the molecule is N=C(N)N.NCCN.NCCNCCN.NCCNCCNCCN. The maximum atomic E-state index is 6.06. The Morgan fingerprint density at radius 2 is 0.680 bits per heavy atom. The maximum Gasteiger partial charge on any atom is 0.183 e. The fraction of sp³-hybridized carbons (Fsp3) is 0.923. The van der Waals surface area contributed by atoms with Crippen molar-refractivity contribution in [1.82, 2.24) is 16.0 Å². The van der Waals surface area contributed by atoms with Gasteiger partial charge in [-0.3, -0.25) is 5.41 Å². The van der Waals surface area contributed by atoms with E-state index in [1.165, 1.54) is 0 Å². The molecule has 156 valence electrons. The topological polar surface area (TPSA) is 268 Å². The van der Waals surface area contributed by atoms with Crippen molar-refractivity contribution in [3.05, 3.63) is 0 Å². The van der Waals surface area contributed by atoms with E-state index in [1.54, 1.807) is 0 Å². The number of guanidine groups is 1. The molecule has 0 rings (SSSR count). The maximum absolute atomic E-state index is 6.06. The lowest BCUT2D eigenvalue weighted by molar-refractivity contribution is 0.618. The minimum Gasteiger partial charge on any atom is -0.370 e. The van der Waals surface area contributed by atoms with Crippen molar-refractivity contribution < 1.29 is 0 Å². The molecule has 12 heteroatoms. The van der Waals surface area contributed by atoms with Gasteiger partial charge in [-0.25, -0.2) is 0 Å². The molecule has 0 amide bonds. The van der Waals surface area contributed by atoms with Gasteiger partial charge in [0.15, 0.2) is 5.96 Å². The highest BCUT2D eigenvalue weighted by Crippen LogP contribution is 1.57. The highest BCUT2D eigenvalue weighted by Gasteiger charge is 1.83. The Morgan fingerprint density at radius 1 is 0.480 bits per heavy atom. The number of nitrogens with one attached hydrogen (secondary N) is 4. The van der Waals surface area contributed by atoms with Gasteiger partial charge >= 0.3 is 0 Å². The molecular weight excluding hydrogens is 324 g/mol. The van der Waals surface area contributed by atoms with Crippen LogP contribution >= 0.6 is 0 Å². The second kappa shape index (κ2) is 38.5. The van der Waals surface area contributed by atoms with Gasteiger partial charge in [-0.15, -0.1) is 0 Å². The Morgan fingerprint density at radius 3 is 0.840 bits per heavy atom. The lowest BCUT2D eigenvalue weighted by Gasteiger charge is -2.03. The zero-order chi connectivity index (χ0) is 20.2. The molecule has 0 aliphatic carbocycles. The van der Waals surface area contributed by atoms with Crippen LogP contribution in [0, 0.1) is 5.41 Å². The van der Waals surface area contributed by atoms with Crippen LogP contribution in [-0.4, -0.2) is 84.5 Å². The summed E-state index contributed by atoms with van der Waals surface area (Å²) >= 11 is 0. The predicted octanol–water partition coefficient (Wildman–Crippen LogP) is -5.68. The van der Waals surface area contributed by atoms with E-state index in [0.717, 1.165) is 39.3 Å². The van der Waals surface area contributed by atoms with Crippen molar-refractivity contribution in [3.8, 4) is 0 Å². The molecule has 12 nitrogen and oxygen atoms in total. The molecule has 0 saturated carbocycles. The number of hydrogen-bond acceptors (Lipinski definition) is 10. The standard InChI is InChI=1S/C6H18N4.C4H13N3.C2H8N2.CH5N3/c7-1-3-9-5-6-10-4-2-8;5-1-3-7-4-2-6;3-1-2-4;2-1(3)4/h9-10H,1-8H2;7H,1-6H2;1-4H2;(H5,2,3,4). The van der Waals surface area contributed by atoms with Crippen molar-refractivity contribution >= 4 is 5.96 Å². The largest absolute Gasteiger partial charge is 0.370 e. The Bertz CT molecular complexity index is 187. The van der Waals surface area contributed by atoms with Crippen LogP contribution in [0.2, 0.25) is 0 Å². The molecule has 25 heavy (non-hydrogen) atoms. The van der Waals surface area contributed by atoms with Crippen LogP contribution in [0.25, 0.3) is 0 Å². The van der Waals surface area contributed by atoms with E-state index in [1.807, 2.05) is 0 Å². The Balaban J connectivity index is -0.000000128. The van der Waals surface area contributed by atoms with Gasteiger partial charge in [0.2, 0.25) is 0 Å². The van der Waals surface area contributed by atoms with E-state index in [4.69, 9.17) is 39.8 Å². The van der Waals surface area contributed by atoms with Gasteiger partial charge in [-0.1, -0.05) is 0 Å². The van der Waals surface area contributed by atoms with Crippen LogP contribution in [0.1, 0.15) is 0 Å². The number of rotatable bonds is 12. The summed E-state index contributed by atoms with van der Waals surface area (Å²) in [5.41, 5.74) is 39.6. The first kappa shape index (κ1) is 31.7. The third-order valence-electron chi connectivity index (χ3n) is 1.93. The first-order valence-electron chi connectivity index (χ1n) is 8.40. The molecule has 0 aliphatic rings. The van der Waals surface area contributed by atoms with Gasteiger partial charge in [0, 0.05) is 78.5 Å². The minimum atomic E-state index is -0.333. The average molecular weight is 369 g/mol. The fourth-order valence-corrected chi connectivity index (χ4v) is 0.960. The molecule has 0 unspecified atom stereocenters. The smallest absolute Gasteiger partial charge is 0.183 e. The summed E-state index contributed by atoms with van der Waals surface area (Å²) in [6.07, 6.45) is 0. The molecular formula is C13H44N12. The Kier molecular flexibility index (Phi) is 48.7. The lowest BCUT2D eigenvalue weighted by Crippen LogP contribution is -2.32. The van der Waals surface area contributed by atoms with E-state index >= 15 is 0 Å². The second-order valence-corrected chi connectivity index (χ2v) is 4.44. The average Bonchev–Trinajstić information content (AvgIpc) is 2.59. The first-order chi connectivity index (χ1) is 12.0. The molecule has 0 aliphatic heterocycles. The van der Waals surface area contributed by atoms with Crippen molar-refractivity contribution in [2.45, 2.75) is 0 Å². The minimum absolute atomic E-state index is 0.333. The summed E-state index contributed by atoms with van der Waals surface area (Å²) in [6.45, 7) is 9.46. The Labute approximate surface area is 152 Å². The molecule has 0 saturated heterocycles. The van der Waals surface area contributed by atoms with Gasteiger partial charge in [-0.05, 0) is 0 Å². The van der Waals surface area contributed by atoms with Crippen molar-refractivity contribution in [3.63, 3.8) is 0 Å². The summed E-state index contributed by atoms with van der Waals surface area (Å²) in [4.78, 5) is 0. The van der Waals surface area contributed by atoms with Gasteiger partial charge in [0.25, 0.3) is 0 Å². The van der Waals surface area contributed by atoms with Crippen LogP contribution in [0.4, 0.5) is 0 Å². The third-order valence-corrected chi connectivity index (χ3v) is 1.93. The van der Waals surface area contributed by atoms with Crippen molar-refractivity contribution in [2.75, 3.05) is 78.5 Å². The summed E-state index contributed by atoms with van der Waals surface area (Å²) in [6, 6.07) is 0. The van der Waals surface area contributed by atoms with Gasteiger partial charge in [0.1, 0.15) is 0 Å². The van der Waals surface area contributed by atoms with E-state index in [0.29, 0.717) is 39.3 Å². The van der Waals surface area contributed by atoms with E-state index in [-0.39, 0.29) is 5.96 Å². The van der Waals surface area contributed by atoms with Gasteiger partial charge < -0.3 is 61.8 Å². The zero-order valence-corrected chi connectivity index (χ0v) is 15.6. The van der Waals surface area contributed by atoms with E-state index < -0.39 is 0 Å². The predicted molar refractivity (Wildman–Crippen MR) is 109 cm³/mol. The zero-order valence-electron chi connectivity index (χ0n) is 15.6. The highest BCUT2D eigenvalue weighted by molar-refractivity contribution is 5.71. The molecule has 0 aromatic rings. The molecule has 0 radical (unpaired) electrons. The summed E-state index contributed by atoms with van der Waals surface area (Å²) in [7, 11) is 0. The summed E-state index contributed by atoms with van der Waals surface area (Å²) < 4.78 is 0. The summed E-state index contributed by atoms with van der Waals surface area (Å²) in [5.74, 6) is -0.333. The quantitative estimate of drug-likeness (QED) is 0.0875. The van der Waals surface area contributed by atoms with Crippen LogP contribution in [0.15, 0.2) is 0 Å². The first-order valence-corrected chi connectivity index (χ1v) is 8.40. The monoisotopic (exact) mass is 368 g/mol. The highest BCUT2D eigenvalue weighted by atomic mass is 14.9. The van der Waals surface area contributed by atoms with E-state index in [2.05, 4.69) is 27.4 Å².